The molecule has 0 saturated heterocycles. The van der Waals surface area contributed by atoms with Crippen LogP contribution >= 0.6 is 0 Å². The number of aromatic nitrogens is 4. The smallest absolute Gasteiger partial charge is 0.235 e. The van der Waals surface area contributed by atoms with Crippen molar-refractivity contribution < 1.29 is 0 Å². The second kappa shape index (κ2) is 14.9. The molecule has 332 valence electrons. The number of hydrogen-bond donors (Lipinski definition) is 0. The molecule has 0 spiro atoms. The van der Waals surface area contributed by atoms with Crippen molar-refractivity contribution in [2.45, 2.75) is 19.3 Å². The van der Waals surface area contributed by atoms with Gasteiger partial charge < -0.3 is 4.57 Å². The normalized spacial score (nSPS) is 13.0. The van der Waals surface area contributed by atoms with Gasteiger partial charge in [0.1, 0.15) is 0 Å². The first-order chi connectivity index (χ1) is 35.0. The van der Waals surface area contributed by atoms with Gasteiger partial charge in [-0.1, -0.05) is 190 Å². The van der Waals surface area contributed by atoms with Gasteiger partial charge in [-0.25, -0.2) is 9.97 Å². The monoisotopic (exact) mass is 904 g/mol. The summed E-state index contributed by atoms with van der Waals surface area (Å²) < 4.78 is 4.73. The van der Waals surface area contributed by atoms with E-state index in [0.717, 1.165) is 49.7 Å². The zero-order chi connectivity index (χ0) is 47.0. The highest BCUT2D eigenvalue weighted by Gasteiger charge is 2.35. The van der Waals surface area contributed by atoms with E-state index in [9.17, 15) is 0 Å². The topological polar surface area (TPSA) is 35.6 Å². The molecule has 71 heavy (non-hydrogen) atoms. The third kappa shape index (κ3) is 5.79. The van der Waals surface area contributed by atoms with E-state index in [1.807, 2.05) is 0 Å². The summed E-state index contributed by atoms with van der Waals surface area (Å²) in [6.45, 7) is 4.67. The van der Waals surface area contributed by atoms with Gasteiger partial charge in [-0.2, -0.15) is 0 Å². The zero-order valence-electron chi connectivity index (χ0n) is 39.2. The van der Waals surface area contributed by atoms with Crippen LogP contribution in [-0.4, -0.2) is 19.1 Å². The van der Waals surface area contributed by atoms with E-state index in [1.54, 1.807) is 0 Å². The summed E-state index contributed by atoms with van der Waals surface area (Å²) in [5.74, 6) is 0.670. The van der Waals surface area contributed by atoms with Crippen LogP contribution < -0.4 is 0 Å². The van der Waals surface area contributed by atoms with Crippen LogP contribution in [0.15, 0.2) is 231 Å². The summed E-state index contributed by atoms with van der Waals surface area (Å²) in [7, 11) is 0. The van der Waals surface area contributed by atoms with E-state index in [1.165, 1.54) is 87.8 Å². The van der Waals surface area contributed by atoms with Crippen molar-refractivity contribution in [3.63, 3.8) is 0 Å². The third-order valence-electron chi connectivity index (χ3n) is 15.5. The van der Waals surface area contributed by atoms with Crippen molar-refractivity contribution in [3.05, 3.63) is 242 Å². The Morgan fingerprint density at radius 3 is 1.66 bits per heavy atom. The fourth-order valence-electron chi connectivity index (χ4n) is 12.2. The fraction of sp³-hybridized carbons (Fsp3) is 0.0448. The highest BCUT2D eigenvalue weighted by Crippen LogP contribution is 2.50. The number of nitrogens with zero attached hydrogens (tertiary/aromatic N) is 4. The number of benzene rings is 11. The lowest BCUT2D eigenvalue weighted by molar-refractivity contribution is 0.644. The highest BCUT2D eigenvalue weighted by molar-refractivity contribution is 6.15. The maximum atomic E-state index is 5.56. The molecule has 0 N–H and O–H groups in total. The molecule has 4 nitrogen and oxygen atoms in total. The highest BCUT2D eigenvalue weighted by atomic mass is 15.2. The van der Waals surface area contributed by atoms with Gasteiger partial charge in [0.25, 0.3) is 0 Å². The zero-order valence-corrected chi connectivity index (χ0v) is 39.2. The number of para-hydroxylation sites is 2. The molecular formula is C67H44N4. The molecule has 14 aromatic rings. The van der Waals surface area contributed by atoms with Gasteiger partial charge in [-0.15, -0.1) is 0 Å². The van der Waals surface area contributed by atoms with Crippen molar-refractivity contribution in [3.8, 4) is 56.3 Å². The molecule has 3 heterocycles. The van der Waals surface area contributed by atoms with Crippen molar-refractivity contribution in [1.82, 2.24) is 19.1 Å². The van der Waals surface area contributed by atoms with E-state index >= 15 is 0 Å². The maximum absolute atomic E-state index is 5.56. The Bertz CT molecular complexity index is 4550. The van der Waals surface area contributed by atoms with Gasteiger partial charge in [-0.3, -0.25) is 4.57 Å². The van der Waals surface area contributed by atoms with Crippen LogP contribution in [0.1, 0.15) is 25.0 Å². The minimum Gasteiger partial charge on any atom is -0.309 e. The molecular weight excluding hydrogens is 861 g/mol. The van der Waals surface area contributed by atoms with Crippen molar-refractivity contribution >= 4 is 76.1 Å². The molecule has 0 fully saturated rings. The average Bonchev–Trinajstić information content (AvgIpc) is 3.94. The van der Waals surface area contributed by atoms with Gasteiger partial charge in [0, 0.05) is 43.3 Å². The molecule has 4 heteroatoms. The van der Waals surface area contributed by atoms with Gasteiger partial charge in [0.15, 0.2) is 0 Å². The Labute approximate surface area is 410 Å². The van der Waals surface area contributed by atoms with Gasteiger partial charge >= 0.3 is 0 Å². The summed E-state index contributed by atoms with van der Waals surface area (Å²) in [4.78, 5) is 11.1. The number of rotatable bonds is 5. The molecule has 0 amide bonds. The van der Waals surface area contributed by atoms with E-state index in [4.69, 9.17) is 9.97 Å². The van der Waals surface area contributed by atoms with Crippen LogP contribution in [0.25, 0.3) is 132 Å². The van der Waals surface area contributed by atoms with Crippen LogP contribution in [0.4, 0.5) is 0 Å². The Hall–Kier alpha value is -9.12. The van der Waals surface area contributed by atoms with Crippen LogP contribution in [0.5, 0.6) is 0 Å². The third-order valence-corrected chi connectivity index (χ3v) is 15.5. The number of fused-ring (bicyclic) bond motifs is 10. The minimum atomic E-state index is -0.239. The Kier molecular flexibility index (Phi) is 8.38. The molecule has 1 aliphatic rings. The molecule has 1 aliphatic carbocycles. The molecule has 0 aliphatic heterocycles. The molecule has 0 radical (unpaired) electrons. The van der Waals surface area contributed by atoms with E-state index in [2.05, 4.69) is 254 Å². The summed E-state index contributed by atoms with van der Waals surface area (Å²) in [6.07, 6.45) is 0. The van der Waals surface area contributed by atoms with Gasteiger partial charge in [0.2, 0.25) is 5.95 Å². The molecule has 15 rings (SSSR count). The average molecular weight is 905 g/mol. The molecule has 0 unspecified atom stereocenters. The predicted molar refractivity (Wildman–Crippen MR) is 297 cm³/mol. The Morgan fingerprint density at radius 2 is 0.901 bits per heavy atom. The second-order valence-corrected chi connectivity index (χ2v) is 19.7. The first kappa shape index (κ1) is 39.8. The molecule has 0 saturated carbocycles. The standard InChI is InChI=1S/C67H44N4/c1-67(2)56-28-13-10-26-53(56)65-64-57(67)39-45(41-17-4-3-5-18-41)40-58(64)68-66(69-65)71-60-30-15-12-25-52(60)55-38-44(32-35-63(55)71)43-31-34-62-54(37-43)51-24-11-14-29-59(51)70(62)61-36-33-49(48-22-8-9-23-50(48)61)47-27-16-20-42-19-6-7-21-46(42)47/h3-40H,1-2H3. The summed E-state index contributed by atoms with van der Waals surface area (Å²) in [5.41, 5.74) is 18.2. The summed E-state index contributed by atoms with van der Waals surface area (Å²) >= 11 is 0. The van der Waals surface area contributed by atoms with Crippen molar-refractivity contribution in [2.75, 3.05) is 0 Å². The lowest BCUT2D eigenvalue weighted by atomic mass is 9.69. The van der Waals surface area contributed by atoms with E-state index in [0.29, 0.717) is 5.95 Å². The largest absolute Gasteiger partial charge is 0.309 e. The molecule has 11 aromatic carbocycles. The SMILES string of the molecule is CC1(C)c2ccccc2-c2nc(-n3c4ccccc4c4cc(-c5ccc6c(c5)c5ccccc5n6-c5ccc(-c6cccc7ccccc67)c6ccccc56)ccc43)nc3cc(-c4ccccc4)cc1c23. The van der Waals surface area contributed by atoms with E-state index < -0.39 is 0 Å². The quantitative estimate of drug-likeness (QED) is 0.172. The van der Waals surface area contributed by atoms with Crippen LogP contribution in [-0.2, 0) is 5.41 Å². The van der Waals surface area contributed by atoms with Crippen LogP contribution in [0.2, 0.25) is 0 Å². The second-order valence-electron chi connectivity index (χ2n) is 19.7. The first-order valence-electron chi connectivity index (χ1n) is 24.6. The van der Waals surface area contributed by atoms with Crippen molar-refractivity contribution in [2.24, 2.45) is 0 Å². The van der Waals surface area contributed by atoms with Gasteiger partial charge in [0.05, 0.1) is 39.0 Å². The lowest BCUT2D eigenvalue weighted by Crippen LogP contribution is -2.24. The Morgan fingerprint density at radius 1 is 0.338 bits per heavy atom. The fourth-order valence-corrected chi connectivity index (χ4v) is 12.2. The Balaban J connectivity index is 0.900. The summed E-state index contributed by atoms with van der Waals surface area (Å²) in [6, 6.07) is 84.4. The van der Waals surface area contributed by atoms with Crippen LogP contribution in [0, 0.1) is 0 Å². The molecule has 0 bridgehead atoms. The lowest BCUT2D eigenvalue weighted by Gasteiger charge is -2.35. The maximum Gasteiger partial charge on any atom is 0.235 e. The summed E-state index contributed by atoms with van der Waals surface area (Å²) in [5, 5.41) is 10.9. The van der Waals surface area contributed by atoms with E-state index in [-0.39, 0.29) is 5.41 Å². The predicted octanol–water partition coefficient (Wildman–Crippen LogP) is 17.4. The number of hydrogen-bond acceptors (Lipinski definition) is 2. The van der Waals surface area contributed by atoms with Crippen molar-refractivity contribution in [1.29, 1.82) is 0 Å². The minimum absolute atomic E-state index is 0.239. The van der Waals surface area contributed by atoms with Crippen LogP contribution in [0.3, 0.4) is 0 Å². The molecule has 3 aromatic heterocycles. The first-order valence-corrected chi connectivity index (χ1v) is 24.6. The van der Waals surface area contributed by atoms with Gasteiger partial charge in [-0.05, 0) is 115 Å². The molecule has 0 atom stereocenters.